The average molecular weight is 252 g/mol. The molecular weight excluding hydrogens is 240 g/mol. The third-order valence-corrected chi connectivity index (χ3v) is 3.19. The molecule has 88 valence electrons. The third kappa shape index (κ3) is 3.80. The Kier molecular flexibility index (Phi) is 4.63. The molecule has 2 rings (SSSR count). The lowest BCUT2D eigenvalue weighted by Gasteiger charge is -1.97. The molecule has 0 amide bonds. The monoisotopic (exact) mass is 252 g/mol. The predicted molar refractivity (Wildman–Crippen MR) is 75.9 cm³/mol. The number of hydrogen-bond donors (Lipinski definition) is 0. The Bertz CT molecular complexity index is 579. The summed E-state index contributed by atoms with van der Waals surface area (Å²) < 4.78 is 0. The molecule has 1 nitrogen and oxygen atoms in total. The number of aldehydes is 1. The second-order valence-corrected chi connectivity index (χ2v) is 4.70. The minimum Gasteiger partial charge on any atom is -0.298 e. The van der Waals surface area contributed by atoms with Crippen molar-refractivity contribution in [3.8, 4) is 11.8 Å². The van der Waals surface area contributed by atoms with Gasteiger partial charge in [-0.2, -0.15) is 0 Å². The van der Waals surface area contributed by atoms with Crippen molar-refractivity contribution < 1.29 is 4.79 Å². The molecule has 2 heteroatoms. The molecule has 0 spiro atoms. The van der Waals surface area contributed by atoms with Gasteiger partial charge in [0, 0.05) is 16.0 Å². The molecule has 0 bridgehead atoms. The fraction of sp³-hybridized carbons (Fsp3) is 0.0625. The molecule has 0 aromatic heterocycles. The van der Waals surface area contributed by atoms with Crippen LogP contribution in [-0.4, -0.2) is 12.0 Å². The molecule has 0 aliphatic rings. The molecule has 0 saturated carbocycles. The molecule has 2 aromatic carbocycles. The van der Waals surface area contributed by atoms with Crippen molar-refractivity contribution in [3.05, 3.63) is 65.7 Å². The summed E-state index contributed by atoms with van der Waals surface area (Å²) >= 11 is 1.64. The maximum atomic E-state index is 10.6. The van der Waals surface area contributed by atoms with E-state index in [0.29, 0.717) is 5.56 Å². The number of thioether (sulfide) groups is 1. The highest BCUT2D eigenvalue weighted by atomic mass is 32.2. The third-order valence-electron chi connectivity index (χ3n) is 2.31. The SMILES string of the molecule is O=Cc1cccc(SCC#Cc2ccccc2)c1. The molecule has 0 unspecified atom stereocenters. The first-order valence-electron chi connectivity index (χ1n) is 5.60. The number of rotatable bonds is 3. The molecule has 2 aromatic rings. The van der Waals surface area contributed by atoms with Gasteiger partial charge in [0.2, 0.25) is 0 Å². The zero-order chi connectivity index (χ0) is 12.6. The van der Waals surface area contributed by atoms with Crippen molar-refractivity contribution in [2.24, 2.45) is 0 Å². The van der Waals surface area contributed by atoms with Crippen molar-refractivity contribution in [1.82, 2.24) is 0 Å². The van der Waals surface area contributed by atoms with Gasteiger partial charge in [0.15, 0.2) is 0 Å². The van der Waals surface area contributed by atoms with Gasteiger partial charge in [-0.25, -0.2) is 0 Å². The smallest absolute Gasteiger partial charge is 0.150 e. The van der Waals surface area contributed by atoms with E-state index in [4.69, 9.17) is 0 Å². The standard InChI is InChI=1S/C16H12OS/c17-13-15-8-4-10-16(12-15)18-11-5-9-14-6-2-1-3-7-14/h1-4,6-8,10,12-13H,11H2. The van der Waals surface area contributed by atoms with Crippen molar-refractivity contribution in [2.75, 3.05) is 5.75 Å². The van der Waals surface area contributed by atoms with Crippen LogP contribution in [0, 0.1) is 11.8 Å². The molecule has 0 atom stereocenters. The van der Waals surface area contributed by atoms with Crippen LogP contribution in [0.1, 0.15) is 15.9 Å². The maximum absolute atomic E-state index is 10.6. The first-order chi connectivity index (χ1) is 8.88. The summed E-state index contributed by atoms with van der Waals surface area (Å²) in [4.78, 5) is 11.7. The Morgan fingerprint density at radius 1 is 1.06 bits per heavy atom. The molecule has 0 saturated heterocycles. The second-order valence-electron chi connectivity index (χ2n) is 3.65. The fourth-order valence-corrected chi connectivity index (χ4v) is 2.16. The predicted octanol–water partition coefficient (Wildman–Crippen LogP) is 3.64. The Morgan fingerprint density at radius 3 is 2.67 bits per heavy atom. The maximum Gasteiger partial charge on any atom is 0.150 e. The summed E-state index contributed by atoms with van der Waals surface area (Å²) in [5, 5.41) is 0. The van der Waals surface area contributed by atoms with Gasteiger partial charge in [0.1, 0.15) is 6.29 Å². The van der Waals surface area contributed by atoms with Crippen LogP contribution in [0.15, 0.2) is 59.5 Å². The van der Waals surface area contributed by atoms with Crippen molar-refractivity contribution in [2.45, 2.75) is 4.90 Å². The number of carbonyl (C=O) groups is 1. The van der Waals surface area contributed by atoms with Gasteiger partial charge in [0.25, 0.3) is 0 Å². The van der Waals surface area contributed by atoms with Crippen LogP contribution >= 0.6 is 11.8 Å². The van der Waals surface area contributed by atoms with Gasteiger partial charge >= 0.3 is 0 Å². The summed E-state index contributed by atoms with van der Waals surface area (Å²) in [5.74, 6) is 6.93. The first kappa shape index (κ1) is 12.5. The summed E-state index contributed by atoms with van der Waals surface area (Å²) in [6.45, 7) is 0. The molecule has 0 radical (unpaired) electrons. The van der Waals surface area contributed by atoms with Crippen LogP contribution in [0.2, 0.25) is 0 Å². The van der Waals surface area contributed by atoms with Crippen LogP contribution in [0.5, 0.6) is 0 Å². The Morgan fingerprint density at radius 2 is 1.89 bits per heavy atom. The van der Waals surface area contributed by atoms with E-state index in [9.17, 15) is 4.79 Å². The number of hydrogen-bond acceptors (Lipinski definition) is 2. The molecular formula is C16H12OS. The summed E-state index contributed by atoms with van der Waals surface area (Å²) in [5.41, 5.74) is 1.73. The van der Waals surface area contributed by atoms with E-state index >= 15 is 0 Å². The zero-order valence-corrected chi connectivity index (χ0v) is 10.6. The van der Waals surface area contributed by atoms with Crippen LogP contribution in [0.4, 0.5) is 0 Å². The van der Waals surface area contributed by atoms with Gasteiger partial charge in [-0.15, -0.1) is 11.8 Å². The quantitative estimate of drug-likeness (QED) is 0.471. The highest BCUT2D eigenvalue weighted by Crippen LogP contribution is 2.17. The van der Waals surface area contributed by atoms with E-state index in [-0.39, 0.29) is 0 Å². The van der Waals surface area contributed by atoms with Crippen LogP contribution in [-0.2, 0) is 0 Å². The minimum atomic E-state index is 0.705. The summed E-state index contributed by atoms with van der Waals surface area (Å²) in [6.07, 6.45) is 0.861. The van der Waals surface area contributed by atoms with E-state index in [0.717, 1.165) is 22.5 Å². The fourth-order valence-electron chi connectivity index (χ4n) is 1.46. The van der Waals surface area contributed by atoms with Crippen LogP contribution in [0.3, 0.4) is 0 Å². The van der Waals surface area contributed by atoms with Gasteiger partial charge < -0.3 is 0 Å². The lowest BCUT2D eigenvalue weighted by molar-refractivity contribution is 0.112. The minimum absolute atomic E-state index is 0.705. The lowest BCUT2D eigenvalue weighted by atomic mass is 10.2. The van der Waals surface area contributed by atoms with E-state index in [1.807, 2.05) is 48.5 Å². The number of carbonyl (C=O) groups excluding carboxylic acids is 1. The molecule has 18 heavy (non-hydrogen) atoms. The van der Waals surface area contributed by atoms with Crippen molar-refractivity contribution in [1.29, 1.82) is 0 Å². The van der Waals surface area contributed by atoms with E-state index in [1.54, 1.807) is 17.8 Å². The highest BCUT2D eigenvalue weighted by Gasteiger charge is 1.94. The summed E-state index contributed by atoms with van der Waals surface area (Å²) in [6, 6.07) is 17.5. The van der Waals surface area contributed by atoms with Gasteiger partial charge in [-0.05, 0) is 24.3 Å². The lowest BCUT2D eigenvalue weighted by Crippen LogP contribution is -1.81. The highest BCUT2D eigenvalue weighted by molar-refractivity contribution is 7.99. The topological polar surface area (TPSA) is 17.1 Å². The first-order valence-corrected chi connectivity index (χ1v) is 6.59. The van der Waals surface area contributed by atoms with Crippen molar-refractivity contribution >= 4 is 18.0 Å². The van der Waals surface area contributed by atoms with Crippen LogP contribution < -0.4 is 0 Å². The second kappa shape index (κ2) is 6.68. The van der Waals surface area contributed by atoms with E-state index < -0.39 is 0 Å². The Labute approximate surface area is 111 Å². The molecule has 0 fully saturated rings. The Balaban J connectivity index is 1.92. The normalized spacial score (nSPS) is 9.33. The van der Waals surface area contributed by atoms with Gasteiger partial charge in [0.05, 0.1) is 5.75 Å². The number of benzene rings is 2. The molecule has 0 heterocycles. The average Bonchev–Trinajstić information content (AvgIpc) is 2.45. The largest absolute Gasteiger partial charge is 0.298 e. The molecule has 0 N–H and O–H groups in total. The zero-order valence-electron chi connectivity index (χ0n) is 9.80. The van der Waals surface area contributed by atoms with E-state index in [2.05, 4.69) is 11.8 Å². The van der Waals surface area contributed by atoms with Gasteiger partial charge in [-0.3, -0.25) is 4.79 Å². The molecule has 0 aliphatic heterocycles. The summed E-state index contributed by atoms with van der Waals surface area (Å²) in [7, 11) is 0. The Hall–Kier alpha value is -1.98. The van der Waals surface area contributed by atoms with Gasteiger partial charge in [-0.1, -0.05) is 42.2 Å². The molecule has 0 aliphatic carbocycles. The van der Waals surface area contributed by atoms with E-state index in [1.165, 1.54) is 0 Å². The van der Waals surface area contributed by atoms with Crippen molar-refractivity contribution in [3.63, 3.8) is 0 Å². The van der Waals surface area contributed by atoms with Crippen LogP contribution in [0.25, 0.3) is 0 Å².